The van der Waals surface area contributed by atoms with E-state index in [4.69, 9.17) is 0 Å². The van der Waals surface area contributed by atoms with Crippen molar-refractivity contribution in [2.45, 2.75) is 6.10 Å². The van der Waals surface area contributed by atoms with Crippen LogP contribution < -0.4 is 5.32 Å². The molecule has 16 heavy (non-hydrogen) atoms. The minimum Gasteiger partial charge on any atom is -0.387 e. The zero-order valence-corrected chi connectivity index (χ0v) is 10.7. The van der Waals surface area contributed by atoms with E-state index in [1.165, 1.54) is 11.3 Å². The van der Waals surface area contributed by atoms with E-state index in [-0.39, 0.29) is 0 Å². The maximum absolute atomic E-state index is 9.87. The molecule has 4 nitrogen and oxygen atoms in total. The van der Waals surface area contributed by atoms with Crippen LogP contribution in [0.1, 0.15) is 11.7 Å². The van der Waals surface area contributed by atoms with E-state index in [0.717, 1.165) is 9.48 Å². The largest absolute Gasteiger partial charge is 0.387 e. The standard InChI is InChI=1S/C10H10BrN3OS/c11-9-13-14-10(16-9)12-6-8(15)7-4-2-1-3-5-7/h1-5,8,15H,6H2,(H,12,14). The Labute approximate surface area is 105 Å². The Kier molecular flexibility index (Phi) is 3.87. The molecule has 1 aromatic heterocycles. The molecule has 0 spiro atoms. The van der Waals surface area contributed by atoms with Crippen LogP contribution in [0.2, 0.25) is 0 Å². The van der Waals surface area contributed by atoms with E-state index >= 15 is 0 Å². The molecule has 0 aliphatic carbocycles. The molecule has 1 unspecified atom stereocenters. The minimum atomic E-state index is -0.538. The lowest BCUT2D eigenvalue weighted by atomic mass is 10.1. The third kappa shape index (κ3) is 3.01. The summed E-state index contributed by atoms with van der Waals surface area (Å²) in [5.41, 5.74) is 0.888. The summed E-state index contributed by atoms with van der Waals surface area (Å²) in [6.45, 7) is 0.422. The van der Waals surface area contributed by atoms with Crippen LogP contribution in [0, 0.1) is 0 Å². The highest BCUT2D eigenvalue weighted by molar-refractivity contribution is 9.11. The Hall–Kier alpha value is -0.980. The lowest BCUT2D eigenvalue weighted by Crippen LogP contribution is -2.11. The van der Waals surface area contributed by atoms with Gasteiger partial charge < -0.3 is 10.4 Å². The fraction of sp³-hybridized carbons (Fsp3) is 0.200. The van der Waals surface area contributed by atoms with Crippen LogP contribution in [0.15, 0.2) is 34.2 Å². The van der Waals surface area contributed by atoms with Gasteiger partial charge >= 0.3 is 0 Å². The van der Waals surface area contributed by atoms with E-state index in [1.807, 2.05) is 30.3 Å². The molecular weight excluding hydrogens is 290 g/mol. The number of rotatable bonds is 4. The van der Waals surface area contributed by atoms with Crippen LogP contribution in [0.5, 0.6) is 0 Å². The molecule has 6 heteroatoms. The average Bonchev–Trinajstić information content (AvgIpc) is 2.73. The minimum absolute atomic E-state index is 0.422. The number of nitrogens with zero attached hydrogens (tertiary/aromatic N) is 2. The molecule has 0 saturated carbocycles. The molecule has 0 bridgehead atoms. The number of benzene rings is 1. The first kappa shape index (κ1) is 11.5. The van der Waals surface area contributed by atoms with Gasteiger partial charge in [-0.05, 0) is 21.5 Å². The van der Waals surface area contributed by atoms with Gasteiger partial charge in [0.2, 0.25) is 5.13 Å². The molecule has 1 aromatic carbocycles. The highest BCUT2D eigenvalue weighted by Gasteiger charge is 2.07. The van der Waals surface area contributed by atoms with E-state index in [9.17, 15) is 5.11 Å². The van der Waals surface area contributed by atoms with Gasteiger partial charge in [-0.3, -0.25) is 0 Å². The van der Waals surface area contributed by atoms with E-state index < -0.39 is 6.10 Å². The molecule has 2 rings (SSSR count). The quantitative estimate of drug-likeness (QED) is 0.910. The van der Waals surface area contributed by atoms with Crippen molar-refractivity contribution < 1.29 is 5.11 Å². The lowest BCUT2D eigenvalue weighted by Gasteiger charge is -2.10. The molecule has 0 saturated heterocycles. The van der Waals surface area contributed by atoms with E-state index in [2.05, 4.69) is 31.4 Å². The van der Waals surface area contributed by atoms with Gasteiger partial charge in [0.15, 0.2) is 3.92 Å². The van der Waals surface area contributed by atoms with Crippen LogP contribution in [-0.2, 0) is 0 Å². The number of aliphatic hydroxyl groups excluding tert-OH is 1. The van der Waals surface area contributed by atoms with Gasteiger partial charge in [0.1, 0.15) is 0 Å². The highest BCUT2D eigenvalue weighted by atomic mass is 79.9. The summed E-state index contributed by atoms with van der Waals surface area (Å²) in [7, 11) is 0. The monoisotopic (exact) mass is 299 g/mol. The molecule has 2 aromatic rings. The predicted molar refractivity (Wildman–Crippen MR) is 67.5 cm³/mol. The van der Waals surface area contributed by atoms with Crippen molar-refractivity contribution in [1.82, 2.24) is 10.2 Å². The molecular formula is C10H10BrN3OS. The predicted octanol–water partition coefficient (Wildman–Crippen LogP) is 2.45. The zero-order chi connectivity index (χ0) is 11.4. The third-order valence-electron chi connectivity index (χ3n) is 2.03. The first-order valence-electron chi connectivity index (χ1n) is 4.71. The zero-order valence-electron chi connectivity index (χ0n) is 8.30. The fourth-order valence-electron chi connectivity index (χ4n) is 1.25. The first-order valence-corrected chi connectivity index (χ1v) is 6.32. The van der Waals surface area contributed by atoms with Crippen molar-refractivity contribution in [2.24, 2.45) is 0 Å². The van der Waals surface area contributed by atoms with Crippen molar-refractivity contribution in [3.8, 4) is 0 Å². The summed E-state index contributed by atoms with van der Waals surface area (Å²) < 4.78 is 0.726. The average molecular weight is 300 g/mol. The summed E-state index contributed by atoms with van der Waals surface area (Å²) in [6, 6.07) is 9.51. The van der Waals surface area contributed by atoms with E-state index in [1.54, 1.807) is 0 Å². The van der Waals surface area contributed by atoms with Gasteiger partial charge in [-0.2, -0.15) is 0 Å². The maximum Gasteiger partial charge on any atom is 0.206 e. The SMILES string of the molecule is OC(CNc1nnc(Br)s1)c1ccccc1. The number of nitrogens with one attached hydrogen (secondary N) is 1. The highest BCUT2D eigenvalue weighted by Crippen LogP contribution is 2.21. The second-order valence-electron chi connectivity index (χ2n) is 3.17. The topological polar surface area (TPSA) is 58.0 Å². The van der Waals surface area contributed by atoms with Gasteiger partial charge in [0.05, 0.1) is 6.10 Å². The summed E-state index contributed by atoms with van der Waals surface area (Å²) in [4.78, 5) is 0. The Morgan fingerprint density at radius 3 is 2.69 bits per heavy atom. The molecule has 0 radical (unpaired) electrons. The number of aliphatic hydroxyl groups is 1. The van der Waals surface area contributed by atoms with Crippen LogP contribution in [0.25, 0.3) is 0 Å². The molecule has 0 aliphatic rings. The maximum atomic E-state index is 9.87. The molecule has 0 aliphatic heterocycles. The molecule has 0 amide bonds. The molecule has 1 heterocycles. The molecule has 0 fully saturated rings. The van der Waals surface area contributed by atoms with Crippen molar-refractivity contribution in [1.29, 1.82) is 0 Å². The van der Waals surface area contributed by atoms with Crippen LogP contribution >= 0.6 is 27.3 Å². The molecule has 2 N–H and O–H groups in total. The first-order chi connectivity index (χ1) is 7.75. The molecule has 1 atom stereocenters. The fourth-order valence-corrected chi connectivity index (χ4v) is 2.27. The normalized spacial score (nSPS) is 12.4. The smallest absolute Gasteiger partial charge is 0.206 e. The van der Waals surface area contributed by atoms with Crippen molar-refractivity contribution in [3.05, 3.63) is 39.8 Å². The van der Waals surface area contributed by atoms with Gasteiger partial charge in [0, 0.05) is 6.54 Å². The summed E-state index contributed by atoms with van der Waals surface area (Å²) in [5.74, 6) is 0. The summed E-state index contributed by atoms with van der Waals surface area (Å²) in [5, 5.41) is 21.3. The second kappa shape index (κ2) is 5.38. The van der Waals surface area contributed by atoms with Crippen molar-refractivity contribution in [3.63, 3.8) is 0 Å². The number of aromatic nitrogens is 2. The lowest BCUT2D eigenvalue weighted by molar-refractivity contribution is 0.191. The van der Waals surface area contributed by atoms with Crippen LogP contribution in [-0.4, -0.2) is 21.8 Å². The summed E-state index contributed by atoms with van der Waals surface area (Å²) in [6.07, 6.45) is -0.538. The van der Waals surface area contributed by atoms with Crippen molar-refractivity contribution >= 4 is 32.4 Å². The Morgan fingerprint density at radius 2 is 2.06 bits per heavy atom. The third-order valence-corrected chi connectivity index (χ3v) is 3.34. The Bertz CT molecular complexity index is 448. The van der Waals surface area contributed by atoms with Crippen molar-refractivity contribution in [2.75, 3.05) is 11.9 Å². The van der Waals surface area contributed by atoms with Gasteiger partial charge in [-0.1, -0.05) is 41.7 Å². The van der Waals surface area contributed by atoms with Gasteiger partial charge in [-0.15, -0.1) is 10.2 Å². The second-order valence-corrected chi connectivity index (χ2v) is 5.42. The number of anilines is 1. The Balaban J connectivity index is 1.91. The number of halogens is 1. The van der Waals surface area contributed by atoms with Gasteiger partial charge in [-0.25, -0.2) is 0 Å². The summed E-state index contributed by atoms with van der Waals surface area (Å²) >= 11 is 4.62. The number of hydrogen-bond donors (Lipinski definition) is 2. The number of hydrogen-bond acceptors (Lipinski definition) is 5. The van der Waals surface area contributed by atoms with Crippen LogP contribution in [0.4, 0.5) is 5.13 Å². The van der Waals surface area contributed by atoms with Gasteiger partial charge in [0.25, 0.3) is 0 Å². The van der Waals surface area contributed by atoms with E-state index in [0.29, 0.717) is 11.7 Å². The van der Waals surface area contributed by atoms with Crippen LogP contribution in [0.3, 0.4) is 0 Å². The molecule has 84 valence electrons. The Morgan fingerprint density at radius 1 is 1.31 bits per heavy atom.